The smallest absolute Gasteiger partial charge is 0.220 e. The Balaban J connectivity index is 1.54. The maximum Gasteiger partial charge on any atom is 0.220 e. The zero-order chi connectivity index (χ0) is 25.0. The van der Waals surface area contributed by atoms with Crippen molar-refractivity contribution < 1.29 is 4.42 Å². The lowest BCUT2D eigenvalue weighted by Gasteiger charge is -2.18. The second kappa shape index (κ2) is 7.15. The highest BCUT2D eigenvalue weighted by Crippen LogP contribution is 2.40. The molecule has 38 heavy (non-hydrogen) atoms. The standard InChI is InChI=1S/C33H18ClN3O/c34-30-27(18-16-23-22-11-3-4-14-28(22)38-32(23)30)36-25-12-5-8-20-9-6-13-26(29(20)25)37-31-21-10-2-1-7-19(21)15-17-24(31)35-33(36)37/h1-18H. The van der Waals surface area contributed by atoms with Gasteiger partial charge in [-0.25, -0.2) is 4.98 Å². The van der Waals surface area contributed by atoms with Crippen molar-refractivity contribution in [1.29, 1.82) is 0 Å². The average molecular weight is 508 g/mol. The van der Waals surface area contributed by atoms with Crippen molar-refractivity contribution in [3.05, 3.63) is 114 Å². The number of rotatable bonds is 1. The van der Waals surface area contributed by atoms with Crippen molar-refractivity contribution in [2.75, 3.05) is 0 Å². The molecule has 0 unspecified atom stereocenters. The molecule has 4 nitrogen and oxygen atoms in total. The first-order valence-corrected chi connectivity index (χ1v) is 13.0. The molecule has 9 rings (SSSR count). The first kappa shape index (κ1) is 20.3. The van der Waals surface area contributed by atoms with E-state index >= 15 is 0 Å². The summed E-state index contributed by atoms with van der Waals surface area (Å²) in [6.07, 6.45) is 0. The van der Waals surface area contributed by atoms with Gasteiger partial charge in [-0.15, -0.1) is 0 Å². The van der Waals surface area contributed by atoms with Crippen LogP contribution in [0.3, 0.4) is 0 Å². The van der Waals surface area contributed by atoms with Gasteiger partial charge in [0, 0.05) is 21.5 Å². The molecule has 0 N–H and O–H groups in total. The Morgan fingerprint density at radius 3 is 2.29 bits per heavy atom. The Hall–Kier alpha value is -4.80. The third-order valence-electron chi connectivity index (χ3n) is 7.77. The first-order valence-electron chi connectivity index (χ1n) is 12.6. The molecule has 0 aliphatic heterocycles. The Labute approximate surface area is 220 Å². The second-order valence-corrected chi connectivity index (χ2v) is 10.1. The van der Waals surface area contributed by atoms with Gasteiger partial charge in [-0.1, -0.05) is 84.4 Å². The van der Waals surface area contributed by atoms with Crippen LogP contribution in [0, 0.1) is 0 Å². The van der Waals surface area contributed by atoms with Crippen LogP contribution < -0.4 is 0 Å². The van der Waals surface area contributed by atoms with Crippen LogP contribution in [-0.2, 0) is 0 Å². The molecule has 0 amide bonds. The molecule has 0 aliphatic carbocycles. The third-order valence-corrected chi connectivity index (χ3v) is 8.14. The molecule has 6 aromatic carbocycles. The van der Waals surface area contributed by atoms with Gasteiger partial charge >= 0.3 is 0 Å². The maximum atomic E-state index is 7.20. The molecule has 0 saturated heterocycles. The lowest BCUT2D eigenvalue weighted by atomic mass is 10.1. The number of imidazole rings is 1. The summed E-state index contributed by atoms with van der Waals surface area (Å²) in [5.74, 6) is 0.805. The summed E-state index contributed by atoms with van der Waals surface area (Å²) in [6.45, 7) is 0. The van der Waals surface area contributed by atoms with Gasteiger partial charge < -0.3 is 4.42 Å². The van der Waals surface area contributed by atoms with Gasteiger partial charge in [-0.3, -0.25) is 8.97 Å². The SMILES string of the molecule is Clc1c(-n2c3cccc4cccc(c43)n3c4c(ccc5ccccc54)nc23)ccc2c1oc1ccccc12. The Morgan fingerprint density at radius 2 is 1.39 bits per heavy atom. The minimum Gasteiger partial charge on any atom is -0.454 e. The lowest BCUT2D eigenvalue weighted by molar-refractivity contribution is 0.668. The highest BCUT2D eigenvalue weighted by Gasteiger charge is 2.22. The van der Waals surface area contributed by atoms with Crippen LogP contribution in [0.1, 0.15) is 0 Å². The molecule has 3 heterocycles. The molecule has 0 fully saturated rings. The molecule has 0 radical (unpaired) electrons. The summed E-state index contributed by atoms with van der Waals surface area (Å²) >= 11 is 7.20. The van der Waals surface area contributed by atoms with E-state index < -0.39 is 0 Å². The van der Waals surface area contributed by atoms with Crippen LogP contribution in [0.5, 0.6) is 0 Å². The number of nitrogens with zero attached hydrogens (tertiary/aromatic N) is 3. The van der Waals surface area contributed by atoms with Gasteiger partial charge in [0.1, 0.15) is 10.6 Å². The van der Waals surface area contributed by atoms with E-state index in [1.54, 1.807) is 0 Å². The summed E-state index contributed by atoms with van der Waals surface area (Å²) < 4.78 is 10.7. The number of para-hydroxylation sites is 1. The summed E-state index contributed by atoms with van der Waals surface area (Å²) in [5.41, 5.74) is 6.53. The zero-order valence-electron chi connectivity index (χ0n) is 20.0. The van der Waals surface area contributed by atoms with Gasteiger partial charge in [0.25, 0.3) is 0 Å². The molecule has 0 atom stereocenters. The van der Waals surface area contributed by atoms with E-state index in [1.807, 2.05) is 18.2 Å². The highest BCUT2D eigenvalue weighted by molar-refractivity contribution is 6.38. The van der Waals surface area contributed by atoms with Gasteiger partial charge in [0.05, 0.1) is 27.8 Å². The summed E-state index contributed by atoms with van der Waals surface area (Å²) in [5, 5.41) is 7.30. The molecule has 0 saturated carbocycles. The topological polar surface area (TPSA) is 35.4 Å². The number of hydrogen-bond acceptors (Lipinski definition) is 2. The monoisotopic (exact) mass is 507 g/mol. The molecular formula is C33H18ClN3O. The van der Waals surface area contributed by atoms with Crippen molar-refractivity contribution >= 4 is 82.9 Å². The molecular weight excluding hydrogens is 490 g/mol. The molecule has 0 aliphatic rings. The number of benzene rings is 6. The Kier molecular flexibility index (Phi) is 3.82. The molecule has 5 heteroatoms. The second-order valence-electron chi connectivity index (χ2n) is 9.76. The van der Waals surface area contributed by atoms with Crippen molar-refractivity contribution in [1.82, 2.24) is 14.0 Å². The van der Waals surface area contributed by atoms with Crippen molar-refractivity contribution in [3.8, 4) is 5.69 Å². The molecule has 0 spiro atoms. The van der Waals surface area contributed by atoms with Crippen LogP contribution >= 0.6 is 11.6 Å². The van der Waals surface area contributed by atoms with E-state index in [0.29, 0.717) is 10.6 Å². The zero-order valence-corrected chi connectivity index (χ0v) is 20.8. The molecule has 0 bridgehead atoms. The van der Waals surface area contributed by atoms with E-state index in [0.717, 1.165) is 55.3 Å². The van der Waals surface area contributed by atoms with Crippen LogP contribution in [0.15, 0.2) is 114 Å². The maximum absolute atomic E-state index is 7.20. The van der Waals surface area contributed by atoms with Gasteiger partial charge in [0.15, 0.2) is 5.58 Å². The van der Waals surface area contributed by atoms with E-state index in [1.165, 1.54) is 16.2 Å². The fourth-order valence-electron chi connectivity index (χ4n) is 6.14. The predicted molar refractivity (Wildman–Crippen MR) is 157 cm³/mol. The van der Waals surface area contributed by atoms with Crippen LogP contribution in [-0.4, -0.2) is 14.0 Å². The quantitative estimate of drug-likeness (QED) is 0.222. The van der Waals surface area contributed by atoms with Gasteiger partial charge in [-0.05, 0) is 47.2 Å². The highest BCUT2D eigenvalue weighted by atomic mass is 35.5. The number of furan rings is 1. The Bertz CT molecular complexity index is 2420. The minimum atomic E-state index is 0.568. The molecule has 3 aromatic heterocycles. The van der Waals surface area contributed by atoms with Crippen LogP contribution in [0.2, 0.25) is 5.02 Å². The average Bonchev–Trinajstić information content (AvgIpc) is 3.54. The Morgan fingerprint density at radius 1 is 0.632 bits per heavy atom. The first-order chi connectivity index (χ1) is 18.8. The molecule has 9 aromatic rings. The number of hydrogen-bond donors (Lipinski definition) is 0. The minimum absolute atomic E-state index is 0.568. The van der Waals surface area contributed by atoms with E-state index in [2.05, 4.69) is 100.0 Å². The lowest BCUT2D eigenvalue weighted by Crippen LogP contribution is -2.06. The summed E-state index contributed by atoms with van der Waals surface area (Å²) in [7, 11) is 0. The molecule has 178 valence electrons. The van der Waals surface area contributed by atoms with E-state index in [9.17, 15) is 0 Å². The number of halogens is 1. The van der Waals surface area contributed by atoms with Crippen LogP contribution in [0.25, 0.3) is 77.0 Å². The number of fused-ring (bicyclic) bond motifs is 9. The van der Waals surface area contributed by atoms with E-state index in [-0.39, 0.29) is 0 Å². The summed E-state index contributed by atoms with van der Waals surface area (Å²) in [4.78, 5) is 5.21. The fourth-order valence-corrected chi connectivity index (χ4v) is 6.43. The number of aromatic nitrogens is 3. The van der Waals surface area contributed by atoms with Gasteiger partial charge in [0.2, 0.25) is 5.78 Å². The fraction of sp³-hybridized carbons (Fsp3) is 0. The van der Waals surface area contributed by atoms with Crippen LogP contribution in [0.4, 0.5) is 0 Å². The predicted octanol–water partition coefficient (Wildman–Crippen LogP) is 9.29. The van der Waals surface area contributed by atoms with Crippen molar-refractivity contribution in [2.45, 2.75) is 0 Å². The van der Waals surface area contributed by atoms with E-state index in [4.69, 9.17) is 21.0 Å². The van der Waals surface area contributed by atoms with Crippen molar-refractivity contribution in [2.24, 2.45) is 0 Å². The van der Waals surface area contributed by atoms with Crippen molar-refractivity contribution in [3.63, 3.8) is 0 Å². The third kappa shape index (κ3) is 2.48. The largest absolute Gasteiger partial charge is 0.454 e. The normalized spacial score (nSPS) is 12.3. The summed E-state index contributed by atoms with van der Waals surface area (Å²) in [6, 6.07) is 37.8. The van der Waals surface area contributed by atoms with Gasteiger partial charge in [-0.2, -0.15) is 0 Å².